The van der Waals surface area contributed by atoms with Gasteiger partial charge in [0.25, 0.3) is 0 Å². The topological polar surface area (TPSA) is 0 Å². The Balaban J connectivity index is -0.0000000374. The molecule has 0 saturated heterocycles. The predicted octanol–water partition coefficient (Wildman–Crippen LogP) is 31.2. The minimum Gasteiger partial charge on any atom is -0.0776 e. The molecular formula is C77H158. The van der Waals surface area contributed by atoms with Crippen molar-refractivity contribution in [2.75, 3.05) is 0 Å². The van der Waals surface area contributed by atoms with Gasteiger partial charge in [0.2, 0.25) is 0 Å². The molecule has 5 aromatic rings. The van der Waals surface area contributed by atoms with Crippen LogP contribution in [0.15, 0.2) is 158 Å². The Morgan fingerprint density at radius 1 is 0.169 bits per heavy atom. The van der Waals surface area contributed by atoms with Gasteiger partial charge < -0.3 is 0 Å². The highest BCUT2D eigenvalue weighted by Gasteiger charge is 1.96. The van der Waals surface area contributed by atoms with E-state index in [2.05, 4.69) is 76.2 Å². The van der Waals surface area contributed by atoms with Crippen molar-refractivity contribution in [1.82, 2.24) is 0 Å². The smallest absolute Gasteiger partial charge is 0.0184 e. The van der Waals surface area contributed by atoms with E-state index in [0.29, 0.717) is 0 Å². The Bertz CT molecular complexity index is 967. The molecule has 8 rings (SSSR count). The molecule has 3 saturated carbocycles. The minimum absolute atomic E-state index is 0. The second-order valence-electron chi connectivity index (χ2n) is 13.6. The molecule has 0 aromatic heterocycles. The molecule has 77 heavy (non-hydrogen) atoms. The van der Waals surface area contributed by atoms with Crippen LogP contribution in [0.1, 0.15) is 332 Å². The molecule has 0 N–H and O–H groups in total. The molecule has 0 heterocycles. The average molecular weight is 1080 g/mol. The maximum Gasteiger partial charge on any atom is -0.0184 e. The predicted molar refractivity (Wildman–Crippen MR) is 385 cm³/mol. The summed E-state index contributed by atoms with van der Waals surface area (Å²) in [6, 6.07) is 52.7. The van der Waals surface area contributed by atoms with Crippen LogP contribution >= 0.6 is 0 Å². The number of rotatable bonds is 0. The van der Waals surface area contributed by atoms with E-state index in [1.165, 1.54) is 139 Å². The number of hydrogen-bond donors (Lipinski definition) is 0. The van der Waals surface area contributed by atoms with Gasteiger partial charge in [0.05, 0.1) is 0 Å². The van der Waals surface area contributed by atoms with E-state index in [0.717, 1.165) is 0 Å². The third-order valence-electron chi connectivity index (χ3n) is 8.16. The zero-order valence-corrected chi connectivity index (χ0v) is 54.2. The van der Waals surface area contributed by atoms with Gasteiger partial charge in [0.15, 0.2) is 0 Å². The van der Waals surface area contributed by atoms with Crippen LogP contribution in [0.2, 0.25) is 0 Å². The van der Waals surface area contributed by atoms with Gasteiger partial charge >= 0.3 is 0 Å². The van der Waals surface area contributed by atoms with E-state index >= 15 is 0 Å². The van der Waals surface area contributed by atoms with Gasteiger partial charge in [-0.3, -0.25) is 0 Å². The van der Waals surface area contributed by atoms with Gasteiger partial charge in [-0.2, -0.15) is 0 Å². The van der Waals surface area contributed by atoms with Crippen LogP contribution < -0.4 is 0 Å². The molecule has 0 bridgehead atoms. The van der Waals surface area contributed by atoms with Crippen molar-refractivity contribution < 1.29 is 0 Å². The van der Waals surface area contributed by atoms with Crippen LogP contribution in [0.25, 0.3) is 10.8 Å². The first kappa shape index (κ1) is 117. The summed E-state index contributed by atoms with van der Waals surface area (Å²) in [5, 5.41) is 2.62. The molecule has 3 fully saturated rings. The first-order valence-electron chi connectivity index (χ1n) is 31.2. The highest BCUT2D eigenvalue weighted by atomic mass is 14.0. The Kier molecular flexibility index (Phi) is 239. The standard InChI is InChI=1S/C10H8.3C6H12.3C6H6.2C3H8.10C2H6.5CH4/c1-2-6-10-8-4-3-7-9(10)5-1;6*1-2-4-6-5-3-1;2*1-3-2;10*1-2;;;;;/h1-8H;3*1-6H2;3*1-6H;2*3H2,1-2H3;10*1-2H3;5*1H4. The monoisotopic (exact) mass is 1080 g/mol. The van der Waals surface area contributed by atoms with Gasteiger partial charge in [-0.15, -0.1) is 0 Å². The van der Waals surface area contributed by atoms with Gasteiger partial charge in [-0.05, 0) is 10.8 Å². The molecule has 0 unspecified atom stereocenters. The Morgan fingerprint density at radius 2 is 0.234 bits per heavy atom. The summed E-state index contributed by atoms with van der Waals surface area (Å²) >= 11 is 0. The van der Waals surface area contributed by atoms with Crippen molar-refractivity contribution in [2.45, 2.75) is 332 Å². The van der Waals surface area contributed by atoms with E-state index in [1.807, 2.05) is 248 Å². The third-order valence-corrected chi connectivity index (χ3v) is 8.16. The van der Waals surface area contributed by atoms with Gasteiger partial charge in [-0.25, -0.2) is 0 Å². The molecule has 3 aliphatic rings. The Morgan fingerprint density at radius 3 is 0.299 bits per heavy atom. The molecule has 3 aliphatic carbocycles. The summed E-state index contributed by atoms with van der Waals surface area (Å²) in [4.78, 5) is 0. The largest absolute Gasteiger partial charge is 0.0776 e. The summed E-state index contributed by atoms with van der Waals surface area (Å²) in [6.07, 6.45) is 29.5. The van der Waals surface area contributed by atoms with Gasteiger partial charge in [0, 0.05) is 0 Å². The fraction of sp³-hybridized carbons (Fsp3) is 0.636. The molecule has 0 amide bonds. The zero-order chi connectivity index (χ0) is 57.7. The van der Waals surface area contributed by atoms with Crippen molar-refractivity contribution >= 4 is 10.8 Å². The summed E-state index contributed by atoms with van der Waals surface area (Å²) < 4.78 is 0. The molecule has 0 radical (unpaired) electrons. The lowest BCUT2D eigenvalue weighted by molar-refractivity contribution is 0.504. The normalized spacial score (nSPS) is 10.0. The number of fused-ring (bicyclic) bond motifs is 1. The van der Waals surface area contributed by atoms with Crippen LogP contribution in [0, 0.1) is 0 Å². The lowest BCUT2D eigenvalue weighted by atomic mass is 10.0. The average Bonchev–Trinajstić information content (AvgIpc) is 3.54. The van der Waals surface area contributed by atoms with Crippen molar-refractivity contribution in [3.63, 3.8) is 0 Å². The van der Waals surface area contributed by atoms with Crippen LogP contribution in [0.5, 0.6) is 0 Å². The molecule has 466 valence electrons. The number of benzene rings is 5. The summed E-state index contributed by atoms with van der Waals surface area (Å²) in [6.45, 7) is 48.5. The lowest BCUT2D eigenvalue weighted by Crippen LogP contribution is -1.85. The van der Waals surface area contributed by atoms with Crippen molar-refractivity contribution in [3.8, 4) is 0 Å². The molecule has 0 nitrogen and oxygen atoms in total. The van der Waals surface area contributed by atoms with Crippen molar-refractivity contribution in [3.05, 3.63) is 158 Å². The second kappa shape index (κ2) is 158. The fourth-order valence-electron chi connectivity index (χ4n) is 5.47. The van der Waals surface area contributed by atoms with Gasteiger partial charge in [0.1, 0.15) is 0 Å². The van der Waals surface area contributed by atoms with E-state index < -0.39 is 0 Å². The molecule has 0 atom stereocenters. The summed E-state index contributed by atoms with van der Waals surface area (Å²) in [5.41, 5.74) is 0. The second-order valence-corrected chi connectivity index (χ2v) is 13.6. The van der Waals surface area contributed by atoms with Crippen molar-refractivity contribution in [2.24, 2.45) is 0 Å². The van der Waals surface area contributed by atoms with Crippen LogP contribution in [0.3, 0.4) is 0 Å². The van der Waals surface area contributed by atoms with Crippen LogP contribution in [-0.4, -0.2) is 0 Å². The van der Waals surface area contributed by atoms with Gasteiger partial charge in [-0.1, -0.05) is 489 Å². The zero-order valence-electron chi connectivity index (χ0n) is 54.2. The first-order chi connectivity index (χ1) is 35.8. The van der Waals surface area contributed by atoms with E-state index in [4.69, 9.17) is 0 Å². The highest BCUT2D eigenvalue weighted by Crippen LogP contribution is 2.16. The molecule has 0 aliphatic heterocycles. The van der Waals surface area contributed by atoms with E-state index in [-0.39, 0.29) is 37.1 Å². The first-order valence-corrected chi connectivity index (χ1v) is 31.2. The molecular weight excluding hydrogens is 925 g/mol. The highest BCUT2D eigenvalue weighted by molar-refractivity contribution is 5.82. The Labute approximate surface area is 497 Å². The molecule has 0 heteroatoms. The maximum absolute atomic E-state index is 2.12. The minimum atomic E-state index is 0. The van der Waals surface area contributed by atoms with E-state index in [9.17, 15) is 0 Å². The fourth-order valence-corrected chi connectivity index (χ4v) is 5.47. The third kappa shape index (κ3) is 141. The van der Waals surface area contributed by atoms with Crippen LogP contribution in [-0.2, 0) is 0 Å². The Hall–Kier alpha value is -3.64. The number of hydrogen-bond acceptors (Lipinski definition) is 0. The van der Waals surface area contributed by atoms with Crippen molar-refractivity contribution in [1.29, 1.82) is 0 Å². The SMILES string of the molecule is C.C.C.C.C.C1CCCCC1.C1CCCCC1.C1CCCCC1.CC.CC.CC.CC.CC.CC.CC.CC.CC.CC.CCC.CCC.c1ccc2ccccc2c1.c1ccccc1.c1ccccc1.c1ccccc1. The quantitative estimate of drug-likeness (QED) is 0.145. The molecule has 5 aromatic carbocycles. The molecule has 0 spiro atoms. The maximum atomic E-state index is 2.12. The van der Waals surface area contributed by atoms with Crippen LogP contribution in [0.4, 0.5) is 0 Å². The summed E-state index contributed by atoms with van der Waals surface area (Å²) in [5.74, 6) is 0. The van der Waals surface area contributed by atoms with E-state index in [1.54, 1.807) is 0 Å². The lowest BCUT2D eigenvalue weighted by Gasteiger charge is -2.05. The summed E-state index contributed by atoms with van der Waals surface area (Å²) in [7, 11) is 0.